The van der Waals surface area contributed by atoms with Gasteiger partial charge in [-0.3, -0.25) is 14.9 Å². The van der Waals surface area contributed by atoms with Gasteiger partial charge in [-0.25, -0.2) is 9.69 Å². The molecule has 0 aromatic heterocycles. The Morgan fingerprint density at radius 3 is 2.06 bits per heavy atom. The van der Waals surface area contributed by atoms with Crippen LogP contribution in [0.15, 0.2) is 54.1 Å². The number of hydrogen-bond acceptors (Lipinski definition) is 5. The first kappa shape index (κ1) is 22.1. The molecule has 7 heteroatoms. The molecule has 1 saturated heterocycles. The van der Waals surface area contributed by atoms with Gasteiger partial charge < -0.3 is 9.47 Å². The molecule has 7 nitrogen and oxygen atoms in total. The largest absolute Gasteiger partial charge is 0.494 e. The van der Waals surface area contributed by atoms with Gasteiger partial charge in [0.05, 0.1) is 18.9 Å². The van der Waals surface area contributed by atoms with Gasteiger partial charge in [0, 0.05) is 0 Å². The SMILES string of the molecule is CCCCOc1ccc(N2C(=O)NC(=O)/C(=C/c3ccc(OCCC)cc3)C2=O)cc1. The van der Waals surface area contributed by atoms with Crippen LogP contribution in [0.2, 0.25) is 0 Å². The van der Waals surface area contributed by atoms with Crippen molar-refractivity contribution < 1.29 is 23.9 Å². The maximum absolute atomic E-state index is 13.0. The average Bonchev–Trinajstić information content (AvgIpc) is 2.77. The highest BCUT2D eigenvalue weighted by molar-refractivity contribution is 6.39. The predicted molar refractivity (Wildman–Crippen MR) is 118 cm³/mol. The molecule has 1 fully saturated rings. The van der Waals surface area contributed by atoms with Crippen molar-refractivity contribution in [2.24, 2.45) is 0 Å². The van der Waals surface area contributed by atoms with Crippen molar-refractivity contribution in [2.45, 2.75) is 33.1 Å². The van der Waals surface area contributed by atoms with E-state index in [4.69, 9.17) is 9.47 Å². The van der Waals surface area contributed by atoms with E-state index in [1.54, 1.807) is 48.5 Å². The smallest absolute Gasteiger partial charge is 0.335 e. The molecule has 4 amide bonds. The Morgan fingerprint density at radius 1 is 0.839 bits per heavy atom. The Balaban J connectivity index is 1.79. The normalized spacial score (nSPS) is 15.2. The highest BCUT2D eigenvalue weighted by Crippen LogP contribution is 2.25. The van der Waals surface area contributed by atoms with Crippen molar-refractivity contribution in [3.05, 3.63) is 59.7 Å². The number of barbiturate groups is 1. The van der Waals surface area contributed by atoms with Crippen molar-refractivity contribution in [1.29, 1.82) is 0 Å². The van der Waals surface area contributed by atoms with E-state index in [1.807, 2.05) is 6.92 Å². The molecule has 3 rings (SSSR count). The highest BCUT2D eigenvalue weighted by atomic mass is 16.5. The molecule has 0 spiro atoms. The van der Waals surface area contributed by atoms with E-state index >= 15 is 0 Å². The van der Waals surface area contributed by atoms with Crippen molar-refractivity contribution >= 4 is 29.6 Å². The Kier molecular flexibility index (Phi) is 7.43. The monoisotopic (exact) mass is 422 g/mol. The van der Waals surface area contributed by atoms with Crippen molar-refractivity contribution in [3.8, 4) is 11.5 Å². The quantitative estimate of drug-likeness (QED) is 0.370. The molecular weight excluding hydrogens is 396 g/mol. The number of hydrogen-bond donors (Lipinski definition) is 1. The Morgan fingerprint density at radius 2 is 1.45 bits per heavy atom. The van der Waals surface area contributed by atoms with Crippen molar-refractivity contribution in [1.82, 2.24) is 5.32 Å². The molecule has 0 saturated carbocycles. The fourth-order valence-corrected chi connectivity index (χ4v) is 2.96. The van der Waals surface area contributed by atoms with Crippen LogP contribution in [0.3, 0.4) is 0 Å². The number of nitrogens with one attached hydrogen (secondary N) is 1. The second kappa shape index (κ2) is 10.4. The maximum Gasteiger partial charge on any atom is 0.335 e. The first-order valence-corrected chi connectivity index (χ1v) is 10.4. The van der Waals surface area contributed by atoms with Crippen LogP contribution < -0.4 is 19.7 Å². The van der Waals surface area contributed by atoms with Crippen LogP contribution in [0, 0.1) is 0 Å². The minimum Gasteiger partial charge on any atom is -0.494 e. The number of carbonyl (C=O) groups excluding carboxylic acids is 3. The lowest BCUT2D eigenvalue weighted by Gasteiger charge is -2.26. The van der Waals surface area contributed by atoms with Crippen LogP contribution in [0.1, 0.15) is 38.7 Å². The molecule has 0 atom stereocenters. The van der Waals surface area contributed by atoms with E-state index in [0.29, 0.717) is 36.0 Å². The van der Waals surface area contributed by atoms with Gasteiger partial charge in [0.25, 0.3) is 11.8 Å². The minimum atomic E-state index is -0.782. The number of ether oxygens (including phenoxy) is 2. The third kappa shape index (κ3) is 5.51. The number of anilines is 1. The Bertz CT molecular complexity index is 964. The summed E-state index contributed by atoms with van der Waals surface area (Å²) in [4.78, 5) is 38.6. The van der Waals surface area contributed by atoms with E-state index < -0.39 is 17.8 Å². The maximum atomic E-state index is 13.0. The number of imide groups is 2. The van der Waals surface area contributed by atoms with Crippen LogP contribution in [0.4, 0.5) is 10.5 Å². The number of rotatable bonds is 9. The summed E-state index contributed by atoms with van der Waals surface area (Å²) in [5.74, 6) is -0.0439. The molecule has 0 radical (unpaired) electrons. The second-order valence-electron chi connectivity index (χ2n) is 7.07. The van der Waals surface area contributed by atoms with Gasteiger partial charge in [0.2, 0.25) is 0 Å². The van der Waals surface area contributed by atoms with Gasteiger partial charge in [0.15, 0.2) is 0 Å². The fourth-order valence-electron chi connectivity index (χ4n) is 2.96. The summed E-state index contributed by atoms with van der Waals surface area (Å²) in [5.41, 5.74) is 0.883. The first-order valence-electron chi connectivity index (χ1n) is 10.4. The summed E-state index contributed by atoms with van der Waals surface area (Å²) in [7, 11) is 0. The van der Waals surface area contributed by atoms with Gasteiger partial charge >= 0.3 is 6.03 Å². The summed E-state index contributed by atoms with van der Waals surface area (Å²) in [6.07, 6.45) is 4.33. The summed E-state index contributed by atoms with van der Waals surface area (Å²) >= 11 is 0. The molecule has 2 aromatic carbocycles. The Labute approximate surface area is 181 Å². The second-order valence-corrected chi connectivity index (χ2v) is 7.07. The van der Waals surface area contributed by atoms with Gasteiger partial charge in [-0.2, -0.15) is 0 Å². The average molecular weight is 422 g/mol. The van der Waals surface area contributed by atoms with Crippen LogP contribution in [0.5, 0.6) is 11.5 Å². The van der Waals surface area contributed by atoms with E-state index in [-0.39, 0.29) is 5.57 Å². The number of carbonyl (C=O) groups is 3. The zero-order chi connectivity index (χ0) is 22.2. The Hall–Kier alpha value is -3.61. The zero-order valence-electron chi connectivity index (χ0n) is 17.7. The highest BCUT2D eigenvalue weighted by Gasteiger charge is 2.36. The molecule has 1 aliphatic rings. The lowest BCUT2D eigenvalue weighted by atomic mass is 10.1. The van der Waals surface area contributed by atoms with Crippen molar-refractivity contribution in [3.63, 3.8) is 0 Å². The van der Waals surface area contributed by atoms with E-state index in [2.05, 4.69) is 12.2 Å². The number of nitrogens with zero attached hydrogens (tertiary/aromatic N) is 1. The standard InChI is InChI=1S/C24H26N2O5/c1-3-5-15-31-20-12-8-18(9-13-20)26-23(28)21(22(27)25-24(26)29)16-17-6-10-19(11-7-17)30-14-4-2/h6-13,16H,3-5,14-15H2,1-2H3,(H,25,27,29)/b21-16-. The fraction of sp³-hybridized carbons (Fsp3) is 0.292. The predicted octanol–water partition coefficient (Wildman–Crippen LogP) is 4.32. The molecular formula is C24H26N2O5. The van der Waals surface area contributed by atoms with Crippen LogP contribution >= 0.6 is 0 Å². The van der Waals surface area contributed by atoms with Crippen LogP contribution in [0.25, 0.3) is 6.08 Å². The van der Waals surface area contributed by atoms with Crippen LogP contribution in [-0.4, -0.2) is 31.1 Å². The summed E-state index contributed by atoms with van der Waals surface area (Å²) in [6.45, 7) is 5.31. The van der Waals surface area contributed by atoms with Crippen LogP contribution in [-0.2, 0) is 9.59 Å². The lowest BCUT2D eigenvalue weighted by Crippen LogP contribution is -2.54. The molecule has 1 aliphatic heterocycles. The van der Waals surface area contributed by atoms with E-state index in [1.165, 1.54) is 6.08 Å². The van der Waals surface area contributed by atoms with Gasteiger partial charge in [-0.1, -0.05) is 32.4 Å². The van der Waals surface area contributed by atoms with E-state index in [9.17, 15) is 14.4 Å². The number of amides is 4. The summed E-state index contributed by atoms with van der Waals surface area (Å²) < 4.78 is 11.2. The molecule has 0 unspecified atom stereocenters. The molecule has 2 aromatic rings. The van der Waals surface area contributed by atoms with E-state index in [0.717, 1.165) is 24.2 Å². The third-order valence-corrected chi connectivity index (χ3v) is 4.63. The molecule has 0 bridgehead atoms. The zero-order valence-corrected chi connectivity index (χ0v) is 17.7. The van der Waals surface area contributed by atoms with Crippen molar-refractivity contribution in [2.75, 3.05) is 18.1 Å². The van der Waals surface area contributed by atoms with Gasteiger partial charge in [-0.15, -0.1) is 0 Å². The number of unbranched alkanes of at least 4 members (excludes halogenated alkanes) is 1. The molecule has 1 N–H and O–H groups in total. The molecule has 31 heavy (non-hydrogen) atoms. The number of benzene rings is 2. The molecule has 162 valence electrons. The molecule has 1 heterocycles. The summed E-state index contributed by atoms with van der Waals surface area (Å²) in [6, 6.07) is 12.9. The van der Waals surface area contributed by atoms with Gasteiger partial charge in [0.1, 0.15) is 17.1 Å². The number of urea groups is 1. The minimum absolute atomic E-state index is 0.120. The topological polar surface area (TPSA) is 84.9 Å². The van der Waals surface area contributed by atoms with Gasteiger partial charge in [-0.05, 0) is 60.9 Å². The molecule has 0 aliphatic carbocycles. The lowest BCUT2D eigenvalue weighted by molar-refractivity contribution is -0.122. The third-order valence-electron chi connectivity index (χ3n) is 4.63. The first-order chi connectivity index (χ1) is 15.0. The summed E-state index contributed by atoms with van der Waals surface area (Å²) in [5, 5.41) is 2.23.